The molecule has 4 rings (SSSR count). The number of piperidine rings is 1. The van der Waals surface area contributed by atoms with Crippen molar-refractivity contribution in [3.8, 4) is 0 Å². The van der Waals surface area contributed by atoms with Crippen LogP contribution in [-0.2, 0) is 10.3 Å². The fourth-order valence-corrected chi connectivity index (χ4v) is 5.54. The molecule has 0 bridgehead atoms. The summed E-state index contributed by atoms with van der Waals surface area (Å²) < 4.78 is 5.59. The van der Waals surface area contributed by atoms with E-state index in [9.17, 15) is 14.7 Å². The number of amides is 2. The van der Waals surface area contributed by atoms with Crippen LogP contribution in [0.2, 0.25) is 0 Å². The van der Waals surface area contributed by atoms with Crippen LogP contribution in [0.5, 0.6) is 0 Å². The molecule has 2 amide bonds. The van der Waals surface area contributed by atoms with E-state index in [1.54, 1.807) is 9.80 Å². The van der Waals surface area contributed by atoms with E-state index < -0.39 is 11.2 Å². The Hall–Kier alpha value is -3.38. The molecule has 202 valence electrons. The second kappa shape index (κ2) is 11.2. The lowest BCUT2D eigenvalue weighted by Gasteiger charge is -2.43. The summed E-state index contributed by atoms with van der Waals surface area (Å²) in [5.74, 6) is -0.141. The van der Waals surface area contributed by atoms with E-state index in [2.05, 4.69) is 12.1 Å². The summed E-state index contributed by atoms with van der Waals surface area (Å²) in [4.78, 5) is 29.1. The molecule has 3 aromatic carbocycles. The molecular weight excluding hydrogens is 476 g/mol. The van der Waals surface area contributed by atoms with Crippen molar-refractivity contribution in [1.29, 1.82) is 0 Å². The topological polar surface area (TPSA) is 70.1 Å². The van der Waals surface area contributed by atoms with Crippen molar-refractivity contribution in [3.63, 3.8) is 0 Å². The molecule has 1 aliphatic rings. The lowest BCUT2D eigenvalue weighted by atomic mass is 9.71. The van der Waals surface area contributed by atoms with Gasteiger partial charge in [0, 0.05) is 31.7 Å². The first kappa shape index (κ1) is 27.6. The molecule has 6 heteroatoms. The number of rotatable bonds is 6. The van der Waals surface area contributed by atoms with E-state index in [-0.39, 0.29) is 17.9 Å². The molecule has 0 saturated carbocycles. The number of benzene rings is 3. The fraction of sp³-hybridized carbons (Fsp3) is 0.438. The number of likely N-dealkylation sites (tertiary alicyclic amines) is 1. The van der Waals surface area contributed by atoms with Crippen LogP contribution in [0.4, 0.5) is 4.79 Å². The summed E-state index contributed by atoms with van der Waals surface area (Å²) in [6, 6.07) is 21.5. The number of carbonyl (C=O) groups excluding carboxylic acids is 2. The average Bonchev–Trinajstić information content (AvgIpc) is 2.92. The second-order valence-corrected chi connectivity index (χ2v) is 11.1. The van der Waals surface area contributed by atoms with Gasteiger partial charge in [-0.3, -0.25) is 4.79 Å². The summed E-state index contributed by atoms with van der Waals surface area (Å²) in [5.41, 5.74) is 0.354. The van der Waals surface area contributed by atoms with Crippen molar-refractivity contribution in [3.05, 3.63) is 83.4 Å². The van der Waals surface area contributed by atoms with Gasteiger partial charge in [0.05, 0.1) is 0 Å². The van der Waals surface area contributed by atoms with Crippen LogP contribution in [0.25, 0.3) is 10.8 Å². The van der Waals surface area contributed by atoms with Crippen molar-refractivity contribution in [2.24, 2.45) is 5.92 Å². The first-order valence-corrected chi connectivity index (χ1v) is 13.7. The fourth-order valence-electron chi connectivity index (χ4n) is 5.54. The SMILES string of the molecule is CCN(CC)C(=O)c1ccc(C(O)(c2cccc3ccccc23)C2CCN(C(=O)OC(C)(C)C)CC2)cc1. The molecule has 0 radical (unpaired) electrons. The Labute approximate surface area is 226 Å². The number of carbonyl (C=O) groups is 2. The maximum Gasteiger partial charge on any atom is 0.410 e. The summed E-state index contributed by atoms with van der Waals surface area (Å²) >= 11 is 0. The minimum Gasteiger partial charge on any atom is -0.444 e. The van der Waals surface area contributed by atoms with Gasteiger partial charge in [-0.25, -0.2) is 4.79 Å². The quantitative estimate of drug-likeness (QED) is 0.423. The molecular formula is C32H40N2O4. The van der Waals surface area contributed by atoms with Crippen molar-refractivity contribution in [2.75, 3.05) is 26.2 Å². The van der Waals surface area contributed by atoms with Gasteiger partial charge in [0.1, 0.15) is 11.2 Å². The number of hydrogen-bond acceptors (Lipinski definition) is 4. The Kier molecular flexibility index (Phi) is 8.12. The predicted molar refractivity (Wildman–Crippen MR) is 151 cm³/mol. The number of hydrogen-bond donors (Lipinski definition) is 1. The van der Waals surface area contributed by atoms with Gasteiger partial charge in [0.25, 0.3) is 5.91 Å². The molecule has 1 aliphatic heterocycles. The zero-order valence-electron chi connectivity index (χ0n) is 23.2. The van der Waals surface area contributed by atoms with Crippen molar-refractivity contribution in [2.45, 2.75) is 58.7 Å². The van der Waals surface area contributed by atoms with Crippen LogP contribution in [0.1, 0.15) is 68.9 Å². The van der Waals surface area contributed by atoms with E-state index in [1.807, 2.05) is 89.2 Å². The Morgan fingerprint density at radius 3 is 2.13 bits per heavy atom. The van der Waals surface area contributed by atoms with E-state index in [4.69, 9.17) is 4.74 Å². The lowest BCUT2D eigenvalue weighted by molar-refractivity contribution is -0.0230. The van der Waals surface area contributed by atoms with E-state index in [1.165, 1.54) is 0 Å². The molecule has 3 aromatic rings. The highest BCUT2D eigenvalue weighted by molar-refractivity contribution is 5.94. The smallest absolute Gasteiger partial charge is 0.410 e. The van der Waals surface area contributed by atoms with Gasteiger partial charge in [-0.15, -0.1) is 0 Å². The molecule has 1 unspecified atom stereocenters. The minimum atomic E-state index is -1.29. The van der Waals surface area contributed by atoms with Gasteiger partial charge in [-0.1, -0.05) is 54.6 Å². The third-order valence-corrected chi connectivity index (χ3v) is 7.56. The third-order valence-electron chi connectivity index (χ3n) is 7.56. The van der Waals surface area contributed by atoms with Crippen LogP contribution >= 0.6 is 0 Å². The zero-order chi connectivity index (χ0) is 27.5. The molecule has 38 heavy (non-hydrogen) atoms. The van der Waals surface area contributed by atoms with Crippen LogP contribution in [0.3, 0.4) is 0 Å². The van der Waals surface area contributed by atoms with Gasteiger partial charge in [-0.2, -0.15) is 0 Å². The van der Waals surface area contributed by atoms with Crippen LogP contribution < -0.4 is 0 Å². The molecule has 6 nitrogen and oxygen atoms in total. The lowest BCUT2D eigenvalue weighted by Crippen LogP contribution is -2.47. The standard InChI is InChI=1S/C32H40N2O4/c1-6-33(7-2)29(35)24-15-17-25(18-16-24)32(37,28-14-10-12-23-11-8-9-13-27(23)28)26-19-21-34(22-20-26)30(36)38-31(3,4)5/h8-18,26,37H,6-7,19-22H2,1-5H3. The molecule has 1 atom stereocenters. The second-order valence-electron chi connectivity index (χ2n) is 11.1. The summed E-state index contributed by atoms with van der Waals surface area (Å²) in [6.07, 6.45) is 0.932. The Bertz CT molecular complexity index is 1260. The molecule has 1 heterocycles. The third kappa shape index (κ3) is 5.56. The first-order valence-electron chi connectivity index (χ1n) is 13.7. The van der Waals surface area contributed by atoms with Crippen LogP contribution in [0.15, 0.2) is 66.7 Å². The highest BCUT2D eigenvalue weighted by Gasteiger charge is 2.43. The highest BCUT2D eigenvalue weighted by Crippen LogP contribution is 2.44. The Morgan fingerprint density at radius 1 is 0.921 bits per heavy atom. The first-order chi connectivity index (χ1) is 18.1. The number of aliphatic hydroxyl groups is 1. The molecule has 0 spiro atoms. The number of nitrogens with zero attached hydrogens (tertiary/aromatic N) is 2. The largest absolute Gasteiger partial charge is 0.444 e. The molecule has 0 aromatic heterocycles. The number of ether oxygens (including phenoxy) is 1. The van der Waals surface area contributed by atoms with Crippen LogP contribution in [-0.4, -0.2) is 58.7 Å². The Balaban J connectivity index is 1.71. The summed E-state index contributed by atoms with van der Waals surface area (Å²) in [7, 11) is 0. The number of fused-ring (bicyclic) bond motifs is 1. The van der Waals surface area contributed by atoms with E-state index in [0.29, 0.717) is 44.6 Å². The summed E-state index contributed by atoms with van der Waals surface area (Å²) in [5, 5.41) is 14.7. The maximum absolute atomic E-state index is 12.9. The normalized spacial score (nSPS) is 16.2. The van der Waals surface area contributed by atoms with Gasteiger partial charge >= 0.3 is 6.09 Å². The monoisotopic (exact) mass is 516 g/mol. The maximum atomic E-state index is 12.9. The minimum absolute atomic E-state index is 0.0130. The zero-order valence-corrected chi connectivity index (χ0v) is 23.2. The van der Waals surface area contributed by atoms with Gasteiger partial charge in [0.2, 0.25) is 0 Å². The molecule has 1 fully saturated rings. The van der Waals surface area contributed by atoms with E-state index in [0.717, 1.165) is 21.9 Å². The van der Waals surface area contributed by atoms with Crippen molar-refractivity contribution in [1.82, 2.24) is 9.80 Å². The molecule has 1 N–H and O–H groups in total. The predicted octanol–water partition coefficient (Wildman–Crippen LogP) is 6.20. The summed E-state index contributed by atoms with van der Waals surface area (Å²) in [6.45, 7) is 11.8. The highest BCUT2D eigenvalue weighted by atomic mass is 16.6. The average molecular weight is 517 g/mol. The van der Waals surface area contributed by atoms with Gasteiger partial charge in [0.15, 0.2) is 0 Å². The van der Waals surface area contributed by atoms with Crippen molar-refractivity contribution >= 4 is 22.8 Å². The van der Waals surface area contributed by atoms with Gasteiger partial charge < -0.3 is 19.6 Å². The van der Waals surface area contributed by atoms with Gasteiger partial charge in [-0.05, 0) is 87.4 Å². The molecule has 0 aliphatic carbocycles. The van der Waals surface area contributed by atoms with Crippen LogP contribution in [0, 0.1) is 5.92 Å². The molecule has 1 saturated heterocycles. The van der Waals surface area contributed by atoms with Crippen molar-refractivity contribution < 1.29 is 19.4 Å². The Morgan fingerprint density at radius 2 is 1.53 bits per heavy atom. The van der Waals surface area contributed by atoms with E-state index >= 15 is 0 Å².